The summed E-state index contributed by atoms with van der Waals surface area (Å²) in [5.74, 6) is -0.482. The first kappa shape index (κ1) is 13.9. The molecule has 0 saturated heterocycles. The molecule has 0 spiro atoms. The van der Waals surface area contributed by atoms with Crippen LogP contribution in [-0.2, 0) is 4.74 Å². The smallest absolute Gasteiger partial charge is 0.339 e. The van der Waals surface area contributed by atoms with E-state index in [2.05, 4.69) is 5.32 Å². The number of nitrogens with zero attached hydrogens (tertiary/aromatic N) is 1. The van der Waals surface area contributed by atoms with Crippen molar-refractivity contribution in [2.45, 2.75) is 0 Å². The maximum atomic E-state index is 11.9. The molecule has 1 N–H and O–H groups in total. The molecule has 104 valence electrons. The fraction of sp³-hybridized carbons (Fsp3) is 0.200. The molecule has 0 saturated carbocycles. The van der Waals surface area contributed by atoms with Crippen molar-refractivity contribution in [3.63, 3.8) is 0 Å². The highest BCUT2D eigenvalue weighted by Crippen LogP contribution is 2.28. The van der Waals surface area contributed by atoms with Crippen LogP contribution in [0.25, 0.3) is 10.8 Å². The predicted octanol–water partition coefficient (Wildman–Crippen LogP) is 2.72. The molecule has 0 aliphatic heterocycles. The first-order valence-electron chi connectivity index (χ1n) is 6.13. The molecule has 0 heterocycles. The molecule has 0 aliphatic rings. The zero-order chi connectivity index (χ0) is 14.7. The Labute approximate surface area is 117 Å². The molecule has 0 aliphatic carbocycles. The van der Waals surface area contributed by atoms with Crippen LogP contribution in [0.3, 0.4) is 0 Å². The van der Waals surface area contributed by atoms with E-state index in [1.807, 2.05) is 30.3 Å². The molecule has 2 rings (SSSR count). The van der Waals surface area contributed by atoms with E-state index in [1.165, 1.54) is 12.0 Å². The average molecular weight is 272 g/mol. The van der Waals surface area contributed by atoms with Gasteiger partial charge in [0.25, 0.3) is 0 Å². The zero-order valence-electron chi connectivity index (χ0n) is 11.6. The van der Waals surface area contributed by atoms with E-state index in [-0.39, 0.29) is 6.03 Å². The molecule has 5 heteroatoms. The van der Waals surface area contributed by atoms with Gasteiger partial charge >= 0.3 is 12.0 Å². The number of benzene rings is 2. The van der Waals surface area contributed by atoms with Crippen molar-refractivity contribution in [2.24, 2.45) is 0 Å². The first-order chi connectivity index (χ1) is 9.54. The molecule has 0 aromatic heterocycles. The molecule has 2 amide bonds. The minimum atomic E-state index is -0.482. The molecule has 20 heavy (non-hydrogen) atoms. The molecule has 0 fully saturated rings. The Balaban J connectivity index is 2.61. The minimum Gasteiger partial charge on any atom is -0.465 e. The van der Waals surface area contributed by atoms with Crippen LogP contribution < -0.4 is 5.32 Å². The van der Waals surface area contributed by atoms with Gasteiger partial charge in [0, 0.05) is 19.5 Å². The van der Waals surface area contributed by atoms with E-state index in [1.54, 1.807) is 20.2 Å². The normalized spacial score (nSPS) is 10.2. The molecule has 0 radical (unpaired) electrons. The van der Waals surface area contributed by atoms with Gasteiger partial charge in [-0.25, -0.2) is 9.59 Å². The molecule has 5 nitrogen and oxygen atoms in total. The number of hydrogen-bond donors (Lipinski definition) is 1. The highest BCUT2D eigenvalue weighted by Gasteiger charge is 2.17. The number of esters is 1. The van der Waals surface area contributed by atoms with E-state index in [0.717, 1.165) is 10.8 Å². The molecule has 2 aromatic rings. The second-order valence-electron chi connectivity index (χ2n) is 4.53. The number of amides is 2. The Hall–Kier alpha value is -2.56. The van der Waals surface area contributed by atoms with E-state index in [4.69, 9.17) is 4.74 Å². The number of methoxy groups -OCH3 is 1. The second kappa shape index (κ2) is 5.61. The van der Waals surface area contributed by atoms with Crippen LogP contribution in [0.4, 0.5) is 10.5 Å². The highest BCUT2D eigenvalue weighted by molar-refractivity contribution is 6.10. The van der Waals surface area contributed by atoms with Crippen molar-refractivity contribution in [3.05, 3.63) is 42.0 Å². The van der Waals surface area contributed by atoms with Gasteiger partial charge in [0.15, 0.2) is 0 Å². The number of rotatable bonds is 2. The lowest BCUT2D eigenvalue weighted by Crippen LogP contribution is -2.28. The van der Waals surface area contributed by atoms with Crippen LogP contribution in [0.2, 0.25) is 0 Å². The number of anilines is 1. The average Bonchev–Trinajstić information content (AvgIpc) is 2.46. The summed E-state index contributed by atoms with van der Waals surface area (Å²) < 4.78 is 4.76. The van der Waals surface area contributed by atoms with Crippen molar-refractivity contribution in [1.29, 1.82) is 0 Å². The van der Waals surface area contributed by atoms with Gasteiger partial charge < -0.3 is 15.0 Å². The lowest BCUT2D eigenvalue weighted by Gasteiger charge is -2.16. The molecular weight excluding hydrogens is 256 g/mol. The van der Waals surface area contributed by atoms with Crippen molar-refractivity contribution in [3.8, 4) is 0 Å². The number of carbonyl (C=O) groups excluding carboxylic acids is 2. The van der Waals surface area contributed by atoms with Crippen LogP contribution in [0.1, 0.15) is 10.4 Å². The van der Waals surface area contributed by atoms with Gasteiger partial charge in [0.05, 0.1) is 18.4 Å². The summed E-state index contributed by atoms with van der Waals surface area (Å²) in [5.41, 5.74) is 0.801. The minimum absolute atomic E-state index is 0.300. The van der Waals surface area contributed by atoms with Crippen molar-refractivity contribution >= 4 is 28.5 Å². The maximum Gasteiger partial charge on any atom is 0.339 e. The standard InChI is InChI=1S/C15H16N2O3/c1-17(2)15(19)16-13-11-7-5-4-6-10(11)8-9-12(13)14(18)20-3/h4-9H,1-3H3,(H,16,19). The Bertz CT molecular complexity index is 665. The van der Waals surface area contributed by atoms with Crippen molar-refractivity contribution in [1.82, 2.24) is 4.90 Å². The summed E-state index contributed by atoms with van der Waals surface area (Å²) in [6.45, 7) is 0. The monoisotopic (exact) mass is 272 g/mol. The van der Waals surface area contributed by atoms with Crippen LogP contribution >= 0.6 is 0 Å². The molecule has 0 atom stereocenters. The van der Waals surface area contributed by atoms with Crippen molar-refractivity contribution in [2.75, 3.05) is 26.5 Å². The largest absolute Gasteiger partial charge is 0.465 e. The van der Waals surface area contributed by atoms with Gasteiger partial charge in [0.2, 0.25) is 0 Å². The summed E-state index contributed by atoms with van der Waals surface area (Å²) in [6.07, 6.45) is 0. The van der Waals surface area contributed by atoms with Gasteiger partial charge in [-0.05, 0) is 11.5 Å². The number of hydrogen-bond acceptors (Lipinski definition) is 3. The van der Waals surface area contributed by atoms with Crippen LogP contribution in [0.5, 0.6) is 0 Å². The fourth-order valence-electron chi connectivity index (χ4n) is 1.91. The SMILES string of the molecule is COC(=O)c1ccc2ccccc2c1NC(=O)N(C)C. The molecule has 0 bridgehead atoms. The van der Waals surface area contributed by atoms with E-state index in [0.29, 0.717) is 11.3 Å². The molecule has 0 unspecified atom stereocenters. The second-order valence-corrected chi connectivity index (χ2v) is 4.53. The van der Waals surface area contributed by atoms with Gasteiger partial charge in [-0.15, -0.1) is 0 Å². The summed E-state index contributed by atoms with van der Waals surface area (Å²) >= 11 is 0. The number of carbonyl (C=O) groups is 2. The van der Waals surface area contributed by atoms with Gasteiger partial charge in [-0.2, -0.15) is 0 Å². The van der Waals surface area contributed by atoms with E-state index < -0.39 is 5.97 Å². The Morgan fingerprint density at radius 2 is 1.80 bits per heavy atom. The lowest BCUT2D eigenvalue weighted by atomic mass is 10.0. The quantitative estimate of drug-likeness (QED) is 0.855. The number of urea groups is 1. The number of ether oxygens (including phenoxy) is 1. The topological polar surface area (TPSA) is 58.6 Å². The van der Waals surface area contributed by atoms with Crippen LogP contribution in [-0.4, -0.2) is 38.1 Å². The predicted molar refractivity (Wildman–Crippen MR) is 78.0 cm³/mol. The van der Waals surface area contributed by atoms with Gasteiger partial charge in [-0.1, -0.05) is 30.3 Å². The van der Waals surface area contributed by atoms with Crippen LogP contribution in [0.15, 0.2) is 36.4 Å². The zero-order valence-corrected chi connectivity index (χ0v) is 11.6. The van der Waals surface area contributed by atoms with E-state index >= 15 is 0 Å². The Morgan fingerprint density at radius 3 is 2.45 bits per heavy atom. The summed E-state index contributed by atoms with van der Waals surface area (Å²) in [6, 6.07) is 10.7. The third kappa shape index (κ3) is 2.56. The Morgan fingerprint density at radius 1 is 1.10 bits per heavy atom. The number of nitrogens with one attached hydrogen (secondary N) is 1. The summed E-state index contributed by atoms with van der Waals surface area (Å²) in [7, 11) is 4.59. The number of fused-ring (bicyclic) bond motifs is 1. The van der Waals surface area contributed by atoms with Gasteiger partial charge in [-0.3, -0.25) is 0 Å². The molecular formula is C15H16N2O3. The molecule has 2 aromatic carbocycles. The summed E-state index contributed by atoms with van der Waals surface area (Å²) in [4.78, 5) is 25.1. The lowest BCUT2D eigenvalue weighted by molar-refractivity contribution is 0.0602. The third-order valence-electron chi connectivity index (χ3n) is 2.97. The fourth-order valence-corrected chi connectivity index (χ4v) is 1.91. The van der Waals surface area contributed by atoms with E-state index in [9.17, 15) is 9.59 Å². The van der Waals surface area contributed by atoms with Crippen molar-refractivity contribution < 1.29 is 14.3 Å². The first-order valence-corrected chi connectivity index (χ1v) is 6.13. The van der Waals surface area contributed by atoms with Crippen LogP contribution in [0, 0.1) is 0 Å². The third-order valence-corrected chi connectivity index (χ3v) is 2.97. The highest BCUT2D eigenvalue weighted by atomic mass is 16.5. The maximum absolute atomic E-state index is 11.9. The summed E-state index contributed by atoms with van der Waals surface area (Å²) in [5, 5.41) is 4.49. The van der Waals surface area contributed by atoms with Gasteiger partial charge in [0.1, 0.15) is 0 Å². The Kier molecular flexibility index (Phi) is 3.89.